The molecule has 1 aromatic rings. The van der Waals surface area contributed by atoms with Crippen LogP contribution in [0.3, 0.4) is 0 Å². The molecule has 1 fully saturated rings. The highest BCUT2D eigenvalue weighted by molar-refractivity contribution is 5.48. The summed E-state index contributed by atoms with van der Waals surface area (Å²) in [4.78, 5) is 5.79. The largest absolute Gasteiger partial charge is 0.419 e. The van der Waals surface area contributed by atoms with Gasteiger partial charge in [0, 0.05) is 19.3 Å². The Morgan fingerprint density at radius 1 is 1.25 bits per heavy atom. The maximum absolute atomic E-state index is 13.1. The molecule has 0 aromatic carbocycles. The third-order valence-electron chi connectivity index (χ3n) is 4.04. The van der Waals surface area contributed by atoms with E-state index >= 15 is 0 Å². The Balaban J connectivity index is 2.28. The maximum Gasteiger partial charge on any atom is 0.419 e. The summed E-state index contributed by atoms with van der Waals surface area (Å²) < 4.78 is 39.2. The standard InChI is InChI=1S/C15H21F3N2/c1-14(2,3)11-6-5-9-20(10-11)13-12(15(16,17)18)7-4-8-19-13/h4,7-8,11H,5-6,9-10H2,1-3H3. The van der Waals surface area contributed by atoms with Crippen LogP contribution in [0.4, 0.5) is 19.0 Å². The molecule has 1 atom stereocenters. The van der Waals surface area contributed by atoms with E-state index in [0.29, 0.717) is 19.0 Å². The Hall–Kier alpha value is -1.26. The summed E-state index contributed by atoms with van der Waals surface area (Å²) in [6.45, 7) is 7.72. The van der Waals surface area contributed by atoms with Crippen LogP contribution >= 0.6 is 0 Å². The Labute approximate surface area is 118 Å². The van der Waals surface area contributed by atoms with E-state index < -0.39 is 11.7 Å². The van der Waals surface area contributed by atoms with Gasteiger partial charge in [-0.05, 0) is 36.3 Å². The normalized spacial score (nSPS) is 21.1. The van der Waals surface area contributed by atoms with Crippen molar-refractivity contribution in [3.63, 3.8) is 0 Å². The average molecular weight is 286 g/mol. The number of halogens is 3. The van der Waals surface area contributed by atoms with Gasteiger partial charge in [0.1, 0.15) is 5.82 Å². The number of aromatic nitrogens is 1. The SMILES string of the molecule is CC(C)(C)C1CCCN(c2ncccc2C(F)(F)F)C1. The molecule has 1 saturated heterocycles. The number of rotatable bonds is 1. The lowest BCUT2D eigenvalue weighted by molar-refractivity contribution is -0.137. The van der Waals surface area contributed by atoms with Crippen molar-refractivity contribution in [1.82, 2.24) is 4.98 Å². The van der Waals surface area contributed by atoms with Crippen LogP contribution in [0.1, 0.15) is 39.2 Å². The van der Waals surface area contributed by atoms with Crippen LogP contribution < -0.4 is 4.90 Å². The second-order valence-corrected chi connectivity index (χ2v) is 6.52. The van der Waals surface area contributed by atoms with Gasteiger partial charge in [0.05, 0.1) is 5.56 Å². The summed E-state index contributed by atoms with van der Waals surface area (Å²) in [7, 11) is 0. The molecule has 2 nitrogen and oxygen atoms in total. The highest BCUT2D eigenvalue weighted by Gasteiger charge is 2.37. The molecule has 0 aliphatic carbocycles. The number of anilines is 1. The van der Waals surface area contributed by atoms with Crippen molar-refractivity contribution in [3.8, 4) is 0 Å². The lowest BCUT2D eigenvalue weighted by atomic mass is 9.76. The predicted octanol–water partition coefficient (Wildman–Crippen LogP) is 4.36. The molecule has 0 saturated carbocycles. The van der Waals surface area contributed by atoms with Crippen molar-refractivity contribution in [2.45, 2.75) is 39.8 Å². The summed E-state index contributed by atoms with van der Waals surface area (Å²) in [5, 5.41) is 0. The van der Waals surface area contributed by atoms with Crippen molar-refractivity contribution in [3.05, 3.63) is 23.9 Å². The minimum absolute atomic E-state index is 0.0777. The number of hydrogen-bond acceptors (Lipinski definition) is 2. The summed E-state index contributed by atoms with van der Waals surface area (Å²) in [6, 6.07) is 2.46. The summed E-state index contributed by atoms with van der Waals surface area (Å²) in [5.41, 5.74) is -0.527. The van der Waals surface area contributed by atoms with E-state index in [1.54, 1.807) is 4.90 Å². The van der Waals surface area contributed by atoms with E-state index in [-0.39, 0.29) is 11.2 Å². The Morgan fingerprint density at radius 2 is 1.95 bits per heavy atom. The molecule has 0 radical (unpaired) electrons. The lowest BCUT2D eigenvalue weighted by Gasteiger charge is -2.40. The lowest BCUT2D eigenvalue weighted by Crippen LogP contribution is -2.41. The number of alkyl halides is 3. The second kappa shape index (κ2) is 5.26. The highest BCUT2D eigenvalue weighted by atomic mass is 19.4. The number of piperidine rings is 1. The molecule has 1 unspecified atom stereocenters. The molecular formula is C15H21F3N2. The first-order valence-electron chi connectivity index (χ1n) is 6.97. The van der Waals surface area contributed by atoms with Gasteiger partial charge in [0.15, 0.2) is 0 Å². The van der Waals surface area contributed by atoms with Crippen molar-refractivity contribution in [1.29, 1.82) is 0 Å². The van der Waals surface area contributed by atoms with Crippen molar-refractivity contribution < 1.29 is 13.2 Å². The van der Waals surface area contributed by atoms with E-state index in [4.69, 9.17) is 0 Å². The molecular weight excluding hydrogens is 265 g/mol. The van der Waals surface area contributed by atoms with E-state index in [2.05, 4.69) is 25.8 Å². The fourth-order valence-corrected chi connectivity index (χ4v) is 2.75. The number of nitrogens with zero attached hydrogens (tertiary/aromatic N) is 2. The van der Waals surface area contributed by atoms with Crippen LogP contribution in [-0.4, -0.2) is 18.1 Å². The molecule has 20 heavy (non-hydrogen) atoms. The van der Waals surface area contributed by atoms with Crippen molar-refractivity contribution >= 4 is 5.82 Å². The molecule has 0 amide bonds. The number of pyridine rings is 1. The first-order valence-corrected chi connectivity index (χ1v) is 6.97. The van der Waals surface area contributed by atoms with Gasteiger partial charge >= 0.3 is 6.18 Å². The molecule has 0 N–H and O–H groups in total. The van der Waals surface area contributed by atoms with Crippen LogP contribution in [0.25, 0.3) is 0 Å². The van der Waals surface area contributed by atoms with Gasteiger partial charge in [-0.15, -0.1) is 0 Å². The third kappa shape index (κ3) is 3.25. The van der Waals surface area contributed by atoms with E-state index in [1.165, 1.54) is 12.3 Å². The van der Waals surface area contributed by atoms with E-state index in [0.717, 1.165) is 18.9 Å². The molecule has 2 rings (SSSR count). The molecule has 1 aromatic heterocycles. The monoisotopic (exact) mass is 286 g/mol. The molecule has 1 aliphatic rings. The zero-order valence-corrected chi connectivity index (χ0v) is 12.2. The van der Waals surface area contributed by atoms with Crippen molar-refractivity contribution in [2.75, 3.05) is 18.0 Å². The molecule has 0 spiro atoms. The predicted molar refractivity (Wildman–Crippen MR) is 73.6 cm³/mol. The second-order valence-electron chi connectivity index (χ2n) is 6.52. The Morgan fingerprint density at radius 3 is 2.55 bits per heavy atom. The van der Waals surface area contributed by atoms with Gasteiger partial charge in [-0.1, -0.05) is 20.8 Å². The summed E-state index contributed by atoms with van der Waals surface area (Å²) in [6.07, 6.45) is -0.937. The average Bonchev–Trinajstić information content (AvgIpc) is 2.37. The van der Waals surface area contributed by atoms with Crippen LogP contribution in [0, 0.1) is 11.3 Å². The van der Waals surface area contributed by atoms with Crippen LogP contribution in [-0.2, 0) is 6.18 Å². The zero-order valence-electron chi connectivity index (χ0n) is 12.2. The van der Waals surface area contributed by atoms with E-state index in [9.17, 15) is 13.2 Å². The molecule has 5 heteroatoms. The van der Waals surface area contributed by atoms with Gasteiger partial charge in [0.25, 0.3) is 0 Å². The third-order valence-corrected chi connectivity index (χ3v) is 4.04. The van der Waals surface area contributed by atoms with Gasteiger partial charge in [-0.2, -0.15) is 13.2 Å². The van der Waals surface area contributed by atoms with Gasteiger partial charge in [0.2, 0.25) is 0 Å². The molecule has 0 bridgehead atoms. The minimum atomic E-state index is -4.35. The number of hydrogen-bond donors (Lipinski definition) is 0. The van der Waals surface area contributed by atoms with Gasteiger partial charge in [-0.25, -0.2) is 4.98 Å². The fraction of sp³-hybridized carbons (Fsp3) is 0.667. The fourth-order valence-electron chi connectivity index (χ4n) is 2.75. The maximum atomic E-state index is 13.1. The molecule has 112 valence electrons. The van der Waals surface area contributed by atoms with Crippen molar-refractivity contribution in [2.24, 2.45) is 11.3 Å². The Bertz CT molecular complexity index is 463. The van der Waals surface area contributed by atoms with Crippen LogP contribution in [0.2, 0.25) is 0 Å². The van der Waals surface area contributed by atoms with Crippen LogP contribution in [0.5, 0.6) is 0 Å². The first-order chi connectivity index (χ1) is 9.19. The molecule has 2 heterocycles. The smallest absolute Gasteiger partial charge is 0.356 e. The molecule has 1 aliphatic heterocycles. The summed E-state index contributed by atoms with van der Waals surface area (Å²) >= 11 is 0. The highest BCUT2D eigenvalue weighted by Crippen LogP contribution is 2.39. The minimum Gasteiger partial charge on any atom is -0.356 e. The Kier molecular flexibility index (Phi) is 3.98. The quantitative estimate of drug-likeness (QED) is 0.762. The first kappa shape index (κ1) is 15.1. The van der Waals surface area contributed by atoms with Crippen LogP contribution in [0.15, 0.2) is 18.3 Å². The zero-order chi connectivity index (χ0) is 15.0. The topological polar surface area (TPSA) is 16.1 Å². The van der Waals surface area contributed by atoms with Gasteiger partial charge in [-0.3, -0.25) is 0 Å². The van der Waals surface area contributed by atoms with Gasteiger partial charge < -0.3 is 4.90 Å². The summed E-state index contributed by atoms with van der Waals surface area (Å²) in [5.74, 6) is 0.466. The van der Waals surface area contributed by atoms with E-state index in [1.807, 2.05) is 0 Å².